The van der Waals surface area contributed by atoms with Crippen LogP contribution in [-0.4, -0.2) is 63.7 Å². The molecular formula is C24H25F3N6O. The Kier molecular flexibility index (Phi) is 5.76. The molecule has 1 aromatic carbocycles. The van der Waals surface area contributed by atoms with Crippen LogP contribution in [-0.2, 0) is 19.1 Å². The maximum absolute atomic E-state index is 13.6. The number of amides is 2. The predicted octanol–water partition coefficient (Wildman–Crippen LogP) is 3.66. The van der Waals surface area contributed by atoms with Crippen LogP contribution < -0.4 is 5.32 Å². The van der Waals surface area contributed by atoms with Crippen LogP contribution in [0.15, 0.2) is 48.8 Å². The molecule has 2 aliphatic rings. The Balaban J connectivity index is 1.35. The Bertz CT molecular complexity index is 1180. The number of halogens is 3. The zero-order valence-electron chi connectivity index (χ0n) is 18.6. The third kappa shape index (κ3) is 4.25. The van der Waals surface area contributed by atoms with Crippen molar-refractivity contribution in [3.05, 3.63) is 71.2 Å². The van der Waals surface area contributed by atoms with Gasteiger partial charge in [0.1, 0.15) is 0 Å². The van der Waals surface area contributed by atoms with Gasteiger partial charge in [-0.25, -0.2) is 4.79 Å². The van der Waals surface area contributed by atoms with E-state index in [9.17, 15) is 18.0 Å². The molecule has 10 heteroatoms. The molecular weight excluding hydrogens is 445 g/mol. The number of carbonyl (C=O) groups excluding carboxylic acids is 1. The maximum atomic E-state index is 13.6. The van der Waals surface area contributed by atoms with Gasteiger partial charge < -0.3 is 15.1 Å². The second kappa shape index (κ2) is 8.75. The lowest BCUT2D eigenvalue weighted by Crippen LogP contribution is -2.48. The number of nitrogens with zero attached hydrogens (tertiary/aromatic N) is 4. The average molecular weight is 470 g/mol. The van der Waals surface area contributed by atoms with Crippen molar-refractivity contribution in [1.82, 2.24) is 30.3 Å². The number of hydrogen-bond acceptors (Lipinski definition) is 4. The molecule has 7 nitrogen and oxygen atoms in total. The zero-order valence-corrected chi connectivity index (χ0v) is 18.6. The van der Waals surface area contributed by atoms with E-state index in [4.69, 9.17) is 0 Å². The van der Waals surface area contributed by atoms with Crippen molar-refractivity contribution >= 4 is 6.03 Å². The van der Waals surface area contributed by atoms with Gasteiger partial charge in [-0.15, -0.1) is 0 Å². The fraction of sp³-hybridized carbons (Fsp3) is 0.375. The third-order valence-corrected chi connectivity index (χ3v) is 6.65. The molecule has 2 unspecified atom stereocenters. The molecule has 1 fully saturated rings. The Morgan fingerprint density at radius 3 is 2.68 bits per heavy atom. The molecule has 2 N–H and O–H groups in total. The van der Waals surface area contributed by atoms with E-state index in [1.54, 1.807) is 23.4 Å². The van der Waals surface area contributed by atoms with Gasteiger partial charge in [-0.2, -0.15) is 18.3 Å². The number of H-pyrrole nitrogens is 1. The first-order chi connectivity index (χ1) is 16.3. The highest BCUT2D eigenvalue weighted by Gasteiger charge is 2.41. The lowest BCUT2D eigenvalue weighted by molar-refractivity contribution is -0.138. The van der Waals surface area contributed by atoms with Crippen molar-refractivity contribution in [3.8, 4) is 11.3 Å². The number of fused-ring (bicyclic) bond motifs is 1. The molecule has 2 atom stereocenters. The summed E-state index contributed by atoms with van der Waals surface area (Å²) in [5, 5.41) is 10.5. The Labute approximate surface area is 195 Å². The highest BCUT2D eigenvalue weighted by atomic mass is 19.4. The van der Waals surface area contributed by atoms with Crippen LogP contribution in [0.4, 0.5) is 18.0 Å². The van der Waals surface area contributed by atoms with Crippen LogP contribution in [0.5, 0.6) is 0 Å². The van der Waals surface area contributed by atoms with Gasteiger partial charge in [-0.05, 0) is 30.8 Å². The molecule has 0 bridgehead atoms. The first-order valence-electron chi connectivity index (χ1n) is 11.2. The average Bonchev–Trinajstić information content (AvgIpc) is 3.41. The molecule has 0 aliphatic carbocycles. The molecule has 0 spiro atoms. The second-order valence-electron chi connectivity index (χ2n) is 8.91. The summed E-state index contributed by atoms with van der Waals surface area (Å²) < 4.78 is 40.9. The quantitative estimate of drug-likeness (QED) is 0.613. The van der Waals surface area contributed by atoms with Gasteiger partial charge in [0.25, 0.3) is 0 Å². The number of carbonyl (C=O) groups is 1. The van der Waals surface area contributed by atoms with Crippen LogP contribution in [0.3, 0.4) is 0 Å². The number of nitrogens with one attached hydrogen (secondary N) is 2. The van der Waals surface area contributed by atoms with E-state index in [0.29, 0.717) is 32.6 Å². The number of aromatic amines is 1. The van der Waals surface area contributed by atoms with E-state index < -0.39 is 23.7 Å². The minimum Gasteiger partial charge on any atom is -0.333 e. The number of alkyl halides is 3. The number of urea groups is 1. The maximum Gasteiger partial charge on any atom is 0.416 e. The molecule has 0 radical (unpaired) electrons. The fourth-order valence-electron chi connectivity index (χ4n) is 5.01. The molecule has 34 heavy (non-hydrogen) atoms. The Hall–Kier alpha value is -3.40. The van der Waals surface area contributed by atoms with Crippen LogP contribution in [0.25, 0.3) is 11.3 Å². The van der Waals surface area contributed by atoms with Gasteiger partial charge in [0.15, 0.2) is 0 Å². The van der Waals surface area contributed by atoms with Crippen molar-refractivity contribution in [3.63, 3.8) is 0 Å². The van der Waals surface area contributed by atoms with Gasteiger partial charge in [0, 0.05) is 61.2 Å². The topological polar surface area (TPSA) is 77.2 Å². The fourth-order valence-corrected chi connectivity index (χ4v) is 5.01. The van der Waals surface area contributed by atoms with E-state index in [1.807, 2.05) is 24.1 Å². The number of rotatable bonds is 3. The van der Waals surface area contributed by atoms with Crippen molar-refractivity contribution in [2.24, 2.45) is 0 Å². The van der Waals surface area contributed by atoms with Crippen molar-refractivity contribution in [1.29, 1.82) is 0 Å². The van der Waals surface area contributed by atoms with Gasteiger partial charge >= 0.3 is 12.2 Å². The minimum absolute atomic E-state index is 0.223. The highest BCUT2D eigenvalue weighted by molar-refractivity contribution is 5.76. The zero-order chi connectivity index (χ0) is 23.9. The minimum atomic E-state index is -4.44. The highest BCUT2D eigenvalue weighted by Crippen LogP contribution is 2.38. The number of likely N-dealkylation sites (N-methyl/N-ethyl adjacent to an activating group) is 1. The molecule has 3 aromatic rings. The van der Waals surface area contributed by atoms with Crippen molar-refractivity contribution in [2.75, 3.05) is 26.7 Å². The monoisotopic (exact) mass is 470 g/mol. The number of likely N-dealkylation sites (tertiary alicyclic amines) is 1. The third-order valence-electron chi connectivity index (χ3n) is 6.65. The summed E-state index contributed by atoms with van der Waals surface area (Å²) in [6, 6.07) is 8.68. The molecule has 178 valence electrons. The standard InChI is InChI=1S/C24H25F3N6O/c1-32-12-17(16-4-2-3-5-19(16)24(25,26)27)21(14-32)29-23(34)33-11-8-20-18(13-33)22(31-30-20)15-6-9-28-10-7-15/h2-7,9-10,17,21H,8,11-14H2,1H3,(H,29,34)(H,30,31). The van der Waals surface area contributed by atoms with Gasteiger partial charge in [0.05, 0.1) is 23.8 Å². The largest absolute Gasteiger partial charge is 0.416 e. The van der Waals surface area contributed by atoms with E-state index in [1.165, 1.54) is 12.1 Å². The van der Waals surface area contributed by atoms with Gasteiger partial charge in [-0.1, -0.05) is 18.2 Å². The van der Waals surface area contributed by atoms with Gasteiger partial charge in [0.2, 0.25) is 0 Å². The summed E-state index contributed by atoms with van der Waals surface area (Å²) in [5.41, 5.74) is 3.23. The number of aromatic nitrogens is 3. The first kappa shape index (κ1) is 22.4. The van der Waals surface area contributed by atoms with Crippen LogP contribution in [0, 0.1) is 0 Å². The summed E-state index contributed by atoms with van der Waals surface area (Å²) >= 11 is 0. The van der Waals surface area contributed by atoms with Crippen molar-refractivity contribution in [2.45, 2.75) is 31.1 Å². The SMILES string of the molecule is CN1CC(NC(=O)N2CCc3[nH]nc(-c4ccncc4)c3C2)C(c2ccccc2C(F)(F)F)C1. The molecule has 1 saturated heterocycles. The summed E-state index contributed by atoms with van der Waals surface area (Å²) in [5.74, 6) is -0.451. The van der Waals surface area contributed by atoms with Gasteiger partial charge in [-0.3, -0.25) is 10.1 Å². The van der Waals surface area contributed by atoms with Crippen LogP contribution in [0.2, 0.25) is 0 Å². The molecule has 2 amide bonds. The lowest BCUT2D eigenvalue weighted by atomic mass is 9.90. The molecule has 0 saturated carbocycles. The van der Waals surface area contributed by atoms with Crippen LogP contribution >= 0.6 is 0 Å². The number of pyridine rings is 1. The number of hydrogen-bond donors (Lipinski definition) is 2. The molecule has 4 heterocycles. The summed E-state index contributed by atoms with van der Waals surface area (Å²) in [6.45, 7) is 1.80. The lowest BCUT2D eigenvalue weighted by Gasteiger charge is -2.30. The normalized spacial score (nSPS) is 20.9. The molecule has 5 rings (SSSR count). The van der Waals surface area contributed by atoms with E-state index in [-0.39, 0.29) is 11.6 Å². The van der Waals surface area contributed by atoms with Crippen LogP contribution in [0.1, 0.15) is 28.3 Å². The second-order valence-corrected chi connectivity index (χ2v) is 8.91. The first-order valence-corrected chi connectivity index (χ1v) is 11.2. The summed E-state index contributed by atoms with van der Waals surface area (Å²) in [4.78, 5) is 20.9. The smallest absolute Gasteiger partial charge is 0.333 e. The Morgan fingerprint density at radius 1 is 1.15 bits per heavy atom. The van der Waals surface area contributed by atoms with E-state index in [0.717, 1.165) is 28.6 Å². The molecule has 2 aliphatic heterocycles. The molecule has 2 aromatic heterocycles. The summed E-state index contributed by atoms with van der Waals surface area (Å²) in [6.07, 6.45) is -0.426. The van der Waals surface area contributed by atoms with Crippen molar-refractivity contribution < 1.29 is 18.0 Å². The Morgan fingerprint density at radius 2 is 1.91 bits per heavy atom. The van der Waals surface area contributed by atoms with E-state index >= 15 is 0 Å². The predicted molar refractivity (Wildman–Crippen MR) is 120 cm³/mol. The number of benzene rings is 1. The summed E-state index contributed by atoms with van der Waals surface area (Å²) in [7, 11) is 1.86. The van der Waals surface area contributed by atoms with E-state index in [2.05, 4.69) is 20.5 Å².